The second-order valence-corrected chi connectivity index (χ2v) is 13.4. The summed E-state index contributed by atoms with van der Waals surface area (Å²) in [5.74, 6) is 0.685. The Balaban J connectivity index is 1.25. The van der Waals surface area contributed by atoms with Gasteiger partial charge in [-0.2, -0.15) is 5.26 Å². The summed E-state index contributed by atoms with van der Waals surface area (Å²) < 4.78 is 20.1. The molecule has 2 amide bonds. The van der Waals surface area contributed by atoms with Crippen LogP contribution in [0.2, 0.25) is 0 Å². The van der Waals surface area contributed by atoms with E-state index in [0.717, 1.165) is 44.2 Å². The number of aromatic nitrogens is 3. The fraction of sp³-hybridized carbons (Fsp3) is 0.828. The standard InChI is InChI=1S/C29H45N7O5/c1-27(2,3)41-26(38)36(19-25(37)35-6-4-5-24(35)17-31)28-12-21-11-22(13-28)15-29(14-21,20-28)40-10-9-39-8-7-34-18-23(16-30)32-33-34/h18,21-22,24H,4-16,19-20,30H2,1-3H3/t21?,22?,24-,28?,29?/m0/s1. The van der Waals surface area contributed by atoms with Gasteiger partial charge in [0.1, 0.15) is 18.2 Å². The van der Waals surface area contributed by atoms with Crippen LogP contribution in [0.5, 0.6) is 0 Å². The lowest BCUT2D eigenvalue weighted by molar-refractivity contribution is -0.202. The summed E-state index contributed by atoms with van der Waals surface area (Å²) >= 11 is 0. The van der Waals surface area contributed by atoms with Gasteiger partial charge in [0, 0.05) is 19.3 Å². The highest BCUT2D eigenvalue weighted by Crippen LogP contribution is 2.61. The Kier molecular flexibility index (Phi) is 8.60. The van der Waals surface area contributed by atoms with Crippen molar-refractivity contribution in [3.8, 4) is 6.07 Å². The first-order valence-electron chi connectivity index (χ1n) is 15.0. The van der Waals surface area contributed by atoms with Crippen LogP contribution in [-0.4, -0.2) is 92.5 Å². The maximum absolute atomic E-state index is 13.7. The molecule has 1 aromatic rings. The van der Waals surface area contributed by atoms with Crippen molar-refractivity contribution in [3.05, 3.63) is 11.9 Å². The molecule has 3 atom stereocenters. The minimum atomic E-state index is -0.687. The number of carbonyl (C=O) groups is 2. The summed E-state index contributed by atoms with van der Waals surface area (Å²) in [5.41, 5.74) is 4.81. The third-order valence-corrected chi connectivity index (χ3v) is 9.07. The molecule has 5 fully saturated rings. The minimum absolute atomic E-state index is 0.0696. The minimum Gasteiger partial charge on any atom is -0.444 e. The molecule has 12 heteroatoms. The molecule has 2 N–H and O–H groups in total. The molecule has 0 spiro atoms. The summed E-state index contributed by atoms with van der Waals surface area (Å²) in [6.45, 7) is 8.39. The fourth-order valence-electron chi connectivity index (χ4n) is 7.90. The quantitative estimate of drug-likeness (QED) is 0.396. The number of hydrogen-bond acceptors (Lipinski definition) is 9. The number of nitrogens with zero attached hydrogens (tertiary/aromatic N) is 6. The zero-order valence-electron chi connectivity index (χ0n) is 24.7. The lowest BCUT2D eigenvalue weighted by atomic mass is 9.50. The third-order valence-electron chi connectivity index (χ3n) is 9.07. The largest absolute Gasteiger partial charge is 0.444 e. The molecule has 4 bridgehead atoms. The average Bonchev–Trinajstić information content (AvgIpc) is 3.56. The number of carbonyl (C=O) groups excluding carboxylic acids is 2. The smallest absolute Gasteiger partial charge is 0.411 e. The molecular formula is C29H45N7O5. The molecule has 5 aliphatic rings. The number of rotatable bonds is 11. The Bertz CT molecular complexity index is 1130. The monoisotopic (exact) mass is 571 g/mol. The van der Waals surface area contributed by atoms with Crippen LogP contribution in [-0.2, 0) is 32.1 Å². The number of nitrogens with two attached hydrogens (primary N) is 1. The van der Waals surface area contributed by atoms with Crippen LogP contribution in [0.15, 0.2) is 6.20 Å². The highest BCUT2D eigenvalue weighted by Gasteiger charge is 2.62. The van der Waals surface area contributed by atoms with E-state index in [0.29, 0.717) is 64.1 Å². The second-order valence-electron chi connectivity index (χ2n) is 13.4. The first-order valence-corrected chi connectivity index (χ1v) is 15.0. The molecule has 0 radical (unpaired) electrons. The van der Waals surface area contributed by atoms with E-state index in [-0.39, 0.29) is 18.1 Å². The van der Waals surface area contributed by atoms with Gasteiger partial charge in [0.25, 0.3) is 0 Å². The average molecular weight is 572 g/mol. The number of ether oxygens (including phenoxy) is 3. The highest BCUT2D eigenvalue weighted by molar-refractivity contribution is 5.83. The Morgan fingerprint density at radius 2 is 1.95 bits per heavy atom. The van der Waals surface area contributed by atoms with Crippen LogP contribution < -0.4 is 5.73 Å². The second kappa shape index (κ2) is 11.9. The van der Waals surface area contributed by atoms with Gasteiger partial charge in [-0.25, -0.2) is 9.48 Å². The molecule has 2 heterocycles. The first kappa shape index (κ1) is 29.7. The molecule has 0 aromatic carbocycles. The number of hydrogen-bond donors (Lipinski definition) is 1. The van der Waals surface area contributed by atoms with Gasteiger partial charge < -0.3 is 24.8 Å². The van der Waals surface area contributed by atoms with Gasteiger partial charge in [-0.15, -0.1) is 5.10 Å². The van der Waals surface area contributed by atoms with E-state index in [1.54, 1.807) is 14.5 Å². The zero-order valence-corrected chi connectivity index (χ0v) is 24.7. The molecule has 4 aliphatic carbocycles. The highest BCUT2D eigenvalue weighted by atomic mass is 16.6. The van der Waals surface area contributed by atoms with E-state index in [4.69, 9.17) is 19.9 Å². The molecule has 1 aromatic heterocycles. The van der Waals surface area contributed by atoms with Crippen molar-refractivity contribution in [2.75, 3.05) is 32.9 Å². The molecular weight excluding hydrogens is 526 g/mol. The first-order chi connectivity index (χ1) is 19.5. The van der Waals surface area contributed by atoms with Gasteiger partial charge >= 0.3 is 6.09 Å². The van der Waals surface area contributed by atoms with E-state index >= 15 is 0 Å². The van der Waals surface area contributed by atoms with Crippen molar-refractivity contribution in [1.82, 2.24) is 24.8 Å². The van der Waals surface area contributed by atoms with E-state index in [9.17, 15) is 14.9 Å². The molecule has 2 unspecified atom stereocenters. The summed E-state index contributed by atoms with van der Waals surface area (Å²) in [6.07, 6.45) is 8.28. The Morgan fingerprint density at radius 1 is 1.20 bits per heavy atom. The van der Waals surface area contributed by atoms with Gasteiger partial charge in [0.2, 0.25) is 5.91 Å². The van der Waals surface area contributed by atoms with E-state index in [2.05, 4.69) is 16.4 Å². The van der Waals surface area contributed by atoms with Crippen molar-refractivity contribution >= 4 is 12.0 Å². The van der Waals surface area contributed by atoms with Crippen LogP contribution in [0.1, 0.15) is 77.8 Å². The molecule has 1 aliphatic heterocycles. The van der Waals surface area contributed by atoms with Gasteiger partial charge in [0.15, 0.2) is 0 Å². The Morgan fingerprint density at radius 3 is 2.61 bits per heavy atom. The predicted octanol–water partition coefficient (Wildman–Crippen LogP) is 2.61. The van der Waals surface area contributed by atoms with Crippen molar-refractivity contribution in [1.29, 1.82) is 5.26 Å². The van der Waals surface area contributed by atoms with Gasteiger partial charge in [-0.3, -0.25) is 9.69 Å². The Labute approximate surface area is 242 Å². The van der Waals surface area contributed by atoms with Gasteiger partial charge in [0.05, 0.1) is 49.3 Å². The van der Waals surface area contributed by atoms with Crippen molar-refractivity contribution in [3.63, 3.8) is 0 Å². The maximum Gasteiger partial charge on any atom is 0.411 e. The summed E-state index contributed by atoms with van der Waals surface area (Å²) in [6, 6.07) is 1.82. The Hall–Kier alpha value is -2.75. The van der Waals surface area contributed by atoms with Crippen LogP contribution >= 0.6 is 0 Å². The normalized spacial score (nSPS) is 30.4. The number of amides is 2. The SMILES string of the molecule is CC(C)(C)OC(=O)N(CC(=O)N1CCC[C@H]1C#N)C12CC3CC(CC(OCCOCCn4cc(CN)nn4)(C3)C1)C2. The van der Waals surface area contributed by atoms with Crippen LogP contribution in [0.4, 0.5) is 4.79 Å². The maximum atomic E-state index is 13.7. The summed E-state index contributed by atoms with van der Waals surface area (Å²) in [4.78, 5) is 30.6. The predicted molar refractivity (Wildman–Crippen MR) is 148 cm³/mol. The number of likely N-dealkylation sites (tertiary alicyclic amines) is 1. The molecule has 1 saturated heterocycles. The van der Waals surface area contributed by atoms with Crippen LogP contribution in [0.3, 0.4) is 0 Å². The summed E-state index contributed by atoms with van der Waals surface area (Å²) in [5, 5.41) is 17.6. The van der Waals surface area contributed by atoms with Gasteiger partial charge in [-0.1, -0.05) is 5.21 Å². The van der Waals surface area contributed by atoms with E-state index in [1.807, 2.05) is 27.0 Å². The number of nitriles is 1. The van der Waals surface area contributed by atoms with Crippen LogP contribution in [0.25, 0.3) is 0 Å². The summed E-state index contributed by atoms with van der Waals surface area (Å²) in [7, 11) is 0. The molecule has 41 heavy (non-hydrogen) atoms. The van der Waals surface area contributed by atoms with Crippen LogP contribution in [0, 0.1) is 23.2 Å². The lowest BCUT2D eigenvalue weighted by Crippen LogP contribution is -2.68. The van der Waals surface area contributed by atoms with E-state index < -0.39 is 23.3 Å². The van der Waals surface area contributed by atoms with Crippen molar-refractivity contribution < 1.29 is 23.8 Å². The third kappa shape index (κ3) is 6.68. The van der Waals surface area contributed by atoms with Gasteiger partial charge in [-0.05, 0) is 84.0 Å². The van der Waals surface area contributed by atoms with E-state index in [1.165, 1.54) is 0 Å². The zero-order chi connectivity index (χ0) is 29.3. The van der Waals surface area contributed by atoms with Crippen molar-refractivity contribution in [2.45, 2.75) is 108 Å². The molecule has 6 rings (SSSR count). The fourth-order valence-corrected chi connectivity index (χ4v) is 7.90. The molecule has 12 nitrogen and oxygen atoms in total. The molecule has 226 valence electrons. The molecule has 4 saturated carbocycles. The lowest BCUT2D eigenvalue weighted by Gasteiger charge is -2.64. The van der Waals surface area contributed by atoms with Crippen molar-refractivity contribution in [2.24, 2.45) is 17.6 Å². The topological polar surface area (TPSA) is 149 Å².